The second-order valence-electron chi connectivity index (χ2n) is 4.66. The van der Waals surface area contributed by atoms with E-state index in [1.807, 2.05) is 18.0 Å². The summed E-state index contributed by atoms with van der Waals surface area (Å²) in [6.45, 7) is 4.54. The molecule has 19 heavy (non-hydrogen) atoms. The van der Waals surface area contributed by atoms with E-state index in [9.17, 15) is 0 Å². The Bertz CT molecular complexity index is 479. The van der Waals surface area contributed by atoms with Crippen molar-refractivity contribution in [3.05, 3.63) is 34.8 Å². The number of nitrogens with two attached hydrogens (primary N) is 1. The van der Waals surface area contributed by atoms with Crippen molar-refractivity contribution in [1.82, 2.24) is 19.4 Å². The number of rotatable bonds is 7. The fraction of sp³-hybridized carbons (Fsp3) is 0.538. The summed E-state index contributed by atoms with van der Waals surface area (Å²) >= 11 is 1.62. The Labute approximate surface area is 118 Å². The van der Waals surface area contributed by atoms with Crippen LogP contribution in [0.1, 0.15) is 30.8 Å². The quantitative estimate of drug-likeness (QED) is 0.840. The smallest absolute Gasteiger partial charge is 0.0948 e. The fourth-order valence-corrected chi connectivity index (χ4v) is 2.79. The summed E-state index contributed by atoms with van der Waals surface area (Å²) in [6, 6.07) is 0.177. The lowest BCUT2D eigenvalue weighted by atomic mass is 10.2. The molecule has 0 aliphatic rings. The molecule has 0 saturated heterocycles. The highest BCUT2D eigenvalue weighted by Gasteiger charge is 2.19. The number of aryl methyl sites for hydroxylation is 1. The molecule has 6 heteroatoms. The lowest BCUT2D eigenvalue weighted by Crippen LogP contribution is -2.31. The van der Waals surface area contributed by atoms with Crippen LogP contribution in [0.15, 0.2) is 23.4 Å². The van der Waals surface area contributed by atoms with Crippen LogP contribution >= 0.6 is 11.3 Å². The van der Waals surface area contributed by atoms with Crippen molar-refractivity contribution in [3.63, 3.8) is 0 Å². The molecule has 0 bridgehead atoms. The van der Waals surface area contributed by atoms with Gasteiger partial charge in [-0.15, -0.1) is 11.3 Å². The molecular weight excluding hydrogens is 258 g/mol. The predicted molar refractivity (Wildman–Crippen MR) is 77.9 cm³/mol. The lowest BCUT2D eigenvalue weighted by Gasteiger charge is -2.27. The van der Waals surface area contributed by atoms with Crippen molar-refractivity contribution in [1.29, 1.82) is 0 Å². The Morgan fingerprint density at radius 1 is 1.53 bits per heavy atom. The molecular formula is C13H21N5S. The highest BCUT2D eigenvalue weighted by atomic mass is 32.1. The molecule has 1 unspecified atom stereocenters. The van der Waals surface area contributed by atoms with Crippen molar-refractivity contribution in [2.45, 2.75) is 32.5 Å². The molecule has 0 radical (unpaired) electrons. The van der Waals surface area contributed by atoms with Gasteiger partial charge in [0.05, 0.1) is 29.3 Å². The van der Waals surface area contributed by atoms with Gasteiger partial charge in [-0.05, 0) is 13.5 Å². The van der Waals surface area contributed by atoms with Crippen molar-refractivity contribution in [2.24, 2.45) is 5.73 Å². The lowest BCUT2D eigenvalue weighted by molar-refractivity contribution is 0.230. The molecule has 1 atom stereocenters. The van der Waals surface area contributed by atoms with Crippen molar-refractivity contribution in [2.75, 3.05) is 13.6 Å². The number of hydrogen-bond donors (Lipinski definition) is 1. The van der Waals surface area contributed by atoms with E-state index in [1.165, 1.54) is 5.69 Å². The Kier molecular flexibility index (Phi) is 5.07. The van der Waals surface area contributed by atoms with Gasteiger partial charge in [-0.25, -0.2) is 9.97 Å². The van der Waals surface area contributed by atoms with Gasteiger partial charge < -0.3 is 10.3 Å². The summed E-state index contributed by atoms with van der Waals surface area (Å²) in [5, 5.41) is 2.08. The SMILES string of the molecule is CCCn1cncc1C(CN)N(C)Cc1cscn1. The fourth-order valence-electron chi connectivity index (χ4n) is 2.24. The van der Waals surface area contributed by atoms with Crippen LogP contribution in [0.2, 0.25) is 0 Å². The summed E-state index contributed by atoms with van der Waals surface area (Å²) in [7, 11) is 2.08. The number of nitrogens with zero attached hydrogens (tertiary/aromatic N) is 4. The van der Waals surface area contributed by atoms with E-state index in [0.717, 1.165) is 25.2 Å². The van der Waals surface area contributed by atoms with Crippen LogP contribution < -0.4 is 5.73 Å². The third kappa shape index (κ3) is 3.40. The molecule has 0 aliphatic carbocycles. The Balaban J connectivity index is 2.12. The summed E-state index contributed by atoms with van der Waals surface area (Å²) in [4.78, 5) is 10.8. The van der Waals surface area contributed by atoms with Gasteiger partial charge in [-0.2, -0.15) is 0 Å². The maximum absolute atomic E-state index is 5.96. The minimum absolute atomic E-state index is 0.177. The van der Waals surface area contributed by atoms with E-state index in [4.69, 9.17) is 5.73 Å². The van der Waals surface area contributed by atoms with E-state index < -0.39 is 0 Å². The zero-order valence-electron chi connectivity index (χ0n) is 11.5. The molecule has 0 aliphatic heterocycles. The van der Waals surface area contributed by atoms with Crippen LogP contribution in [-0.2, 0) is 13.1 Å². The Morgan fingerprint density at radius 2 is 2.37 bits per heavy atom. The van der Waals surface area contributed by atoms with Gasteiger partial charge in [0.2, 0.25) is 0 Å². The first-order valence-electron chi connectivity index (χ1n) is 6.53. The van der Waals surface area contributed by atoms with Crippen LogP contribution in [0.5, 0.6) is 0 Å². The summed E-state index contributed by atoms with van der Waals surface area (Å²) in [6.07, 6.45) is 4.90. The van der Waals surface area contributed by atoms with Crippen molar-refractivity contribution in [3.8, 4) is 0 Å². The molecule has 2 heterocycles. The van der Waals surface area contributed by atoms with E-state index in [2.05, 4.69) is 38.8 Å². The zero-order valence-corrected chi connectivity index (χ0v) is 12.3. The predicted octanol–water partition coefficient (Wildman–Crippen LogP) is 1.88. The molecule has 0 fully saturated rings. The van der Waals surface area contributed by atoms with Crippen LogP contribution in [0.25, 0.3) is 0 Å². The maximum atomic E-state index is 5.96. The molecule has 2 N–H and O–H groups in total. The van der Waals surface area contributed by atoms with Gasteiger partial charge in [0.1, 0.15) is 0 Å². The Hall–Kier alpha value is -1.24. The number of imidazole rings is 1. The van der Waals surface area contributed by atoms with Crippen LogP contribution in [-0.4, -0.2) is 33.0 Å². The topological polar surface area (TPSA) is 60.0 Å². The van der Waals surface area contributed by atoms with Gasteiger partial charge in [0.15, 0.2) is 0 Å². The molecule has 0 aromatic carbocycles. The average molecular weight is 279 g/mol. The van der Waals surface area contributed by atoms with Gasteiger partial charge in [0, 0.05) is 31.2 Å². The monoisotopic (exact) mass is 279 g/mol. The molecule has 5 nitrogen and oxygen atoms in total. The molecule has 2 aromatic rings. The average Bonchev–Trinajstić information content (AvgIpc) is 3.03. The van der Waals surface area contributed by atoms with E-state index in [-0.39, 0.29) is 6.04 Å². The van der Waals surface area contributed by atoms with E-state index in [1.54, 1.807) is 11.3 Å². The first-order chi connectivity index (χ1) is 9.26. The van der Waals surface area contributed by atoms with Crippen molar-refractivity contribution < 1.29 is 0 Å². The number of thiazole rings is 1. The van der Waals surface area contributed by atoms with Crippen LogP contribution in [0.3, 0.4) is 0 Å². The zero-order chi connectivity index (χ0) is 13.7. The minimum Gasteiger partial charge on any atom is -0.333 e. The van der Waals surface area contributed by atoms with Gasteiger partial charge in [-0.3, -0.25) is 4.90 Å². The van der Waals surface area contributed by atoms with Crippen LogP contribution in [0.4, 0.5) is 0 Å². The number of hydrogen-bond acceptors (Lipinski definition) is 5. The molecule has 0 amide bonds. The largest absolute Gasteiger partial charge is 0.333 e. The Morgan fingerprint density at radius 3 is 3.00 bits per heavy atom. The first-order valence-corrected chi connectivity index (χ1v) is 7.48. The second-order valence-corrected chi connectivity index (χ2v) is 5.38. The minimum atomic E-state index is 0.177. The molecule has 2 rings (SSSR count). The normalized spacial score (nSPS) is 13.1. The van der Waals surface area contributed by atoms with Gasteiger partial charge in [0.25, 0.3) is 0 Å². The first kappa shape index (κ1) is 14.2. The molecule has 104 valence electrons. The van der Waals surface area contributed by atoms with Crippen LogP contribution in [0, 0.1) is 0 Å². The molecule has 0 saturated carbocycles. The molecule has 2 aromatic heterocycles. The third-order valence-electron chi connectivity index (χ3n) is 3.20. The second kappa shape index (κ2) is 6.79. The van der Waals surface area contributed by atoms with E-state index >= 15 is 0 Å². The highest BCUT2D eigenvalue weighted by molar-refractivity contribution is 7.07. The number of aromatic nitrogens is 3. The molecule has 0 spiro atoms. The van der Waals surface area contributed by atoms with E-state index in [0.29, 0.717) is 6.54 Å². The summed E-state index contributed by atoms with van der Waals surface area (Å²) < 4.78 is 2.19. The van der Waals surface area contributed by atoms with Gasteiger partial charge >= 0.3 is 0 Å². The standard InChI is InChI=1S/C13H21N5S/c1-3-4-18-9-15-6-13(18)12(5-14)17(2)7-11-8-19-10-16-11/h6,8-10,12H,3-5,7,14H2,1-2H3. The highest BCUT2D eigenvalue weighted by Crippen LogP contribution is 2.20. The third-order valence-corrected chi connectivity index (χ3v) is 3.84. The van der Waals surface area contributed by atoms with Crippen molar-refractivity contribution >= 4 is 11.3 Å². The summed E-state index contributed by atoms with van der Waals surface area (Å²) in [5.41, 5.74) is 10.1. The van der Waals surface area contributed by atoms with Gasteiger partial charge in [-0.1, -0.05) is 6.92 Å². The summed E-state index contributed by atoms with van der Waals surface area (Å²) in [5.74, 6) is 0. The maximum Gasteiger partial charge on any atom is 0.0948 e. The number of likely N-dealkylation sites (N-methyl/N-ethyl adjacent to an activating group) is 1.